The Hall–Kier alpha value is -1.69. The van der Waals surface area contributed by atoms with Crippen LogP contribution < -0.4 is 5.73 Å². The van der Waals surface area contributed by atoms with Crippen LogP contribution in [-0.2, 0) is 16.4 Å². The predicted molar refractivity (Wildman–Crippen MR) is 82.5 cm³/mol. The lowest BCUT2D eigenvalue weighted by Crippen LogP contribution is -2.15. The van der Waals surface area contributed by atoms with Gasteiger partial charge in [0.15, 0.2) is 9.84 Å². The third-order valence-electron chi connectivity index (χ3n) is 3.33. The lowest BCUT2D eigenvalue weighted by atomic mass is 10.1. The van der Waals surface area contributed by atoms with Crippen molar-refractivity contribution in [1.82, 2.24) is 0 Å². The second-order valence-corrected chi connectivity index (χ2v) is 7.09. The number of aliphatic hydroxyl groups excluding tert-OH is 1. The number of aliphatic hydroxyl groups is 1. The predicted octanol–water partition coefficient (Wildman–Crippen LogP) is 1.96. The smallest absolute Gasteiger partial charge is 0.181 e. The molecule has 4 nitrogen and oxygen atoms in total. The van der Waals surface area contributed by atoms with E-state index in [9.17, 15) is 13.5 Å². The topological polar surface area (TPSA) is 80.4 Å². The van der Waals surface area contributed by atoms with Gasteiger partial charge < -0.3 is 10.8 Å². The number of hydrogen-bond acceptors (Lipinski definition) is 4. The minimum Gasteiger partial charge on any atom is -0.387 e. The van der Waals surface area contributed by atoms with Crippen LogP contribution in [0.4, 0.5) is 0 Å². The Labute approximate surface area is 125 Å². The maximum atomic E-state index is 12.3. The molecule has 21 heavy (non-hydrogen) atoms. The van der Waals surface area contributed by atoms with Gasteiger partial charge in [0.1, 0.15) is 0 Å². The second kappa shape index (κ2) is 6.39. The van der Waals surface area contributed by atoms with Gasteiger partial charge in [0.05, 0.1) is 16.8 Å². The molecule has 0 aliphatic rings. The zero-order chi connectivity index (χ0) is 15.5. The van der Waals surface area contributed by atoms with E-state index in [0.717, 1.165) is 11.1 Å². The summed E-state index contributed by atoms with van der Waals surface area (Å²) in [6.07, 6.45) is -1.05. The van der Waals surface area contributed by atoms with E-state index in [2.05, 4.69) is 0 Å². The highest BCUT2D eigenvalue weighted by atomic mass is 32.2. The van der Waals surface area contributed by atoms with Gasteiger partial charge in [-0.2, -0.15) is 0 Å². The molecule has 5 heteroatoms. The number of nitrogens with two attached hydrogens (primary N) is 1. The standard InChI is InChI=1S/C16H19NO3S/c1-12-3-2-4-15(9-12)21(19,20)11-16(18)14-7-5-13(10-17)6-8-14/h2-9,16,18H,10-11,17H2,1H3. The second-order valence-electron chi connectivity index (χ2n) is 5.06. The summed E-state index contributed by atoms with van der Waals surface area (Å²) in [6, 6.07) is 13.7. The molecule has 0 spiro atoms. The van der Waals surface area contributed by atoms with Gasteiger partial charge in [0.25, 0.3) is 0 Å². The highest BCUT2D eigenvalue weighted by Crippen LogP contribution is 2.21. The van der Waals surface area contributed by atoms with Crippen LogP contribution in [0.2, 0.25) is 0 Å². The number of sulfone groups is 1. The third kappa shape index (κ3) is 3.91. The highest BCUT2D eigenvalue weighted by Gasteiger charge is 2.21. The van der Waals surface area contributed by atoms with Crippen LogP contribution in [0.15, 0.2) is 53.4 Å². The van der Waals surface area contributed by atoms with Crippen LogP contribution in [0, 0.1) is 6.92 Å². The van der Waals surface area contributed by atoms with E-state index in [-0.39, 0.29) is 10.6 Å². The van der Waals surface area contributed by atoms with Crippen LogP contribution in [-0.4, -0.2) is 19.3 Å². The molecular formula is C16H19NO3S. The summed E-state index contributed by atoms with van der Waals surface area (Å²) in [5, 5.41) is 10.1. The molecule has 2 aromatic carbocycles. The average Bonchev–Trinajstić information content (AvgIpc) is 2.47. The SMILES string of the molecule is Cc1cccc(S(=O)(=O)CC(O)c2ccc(CN)cc2)c1. The number of aryl methyl sites for hydroxylation is 1. The van der Waals surface area contributed by atoms with Gasteiger partial charge in [0, 0.05) is 6.54 Å². The molecule has 3 N–H and O–H groups in total. The summed E-state index contributed by atoms with van der Waals surface area (Å²) in [6.45, 7) is 2.25. The molecule has 0 radical (unpaired) electrons. The number of rotatable bonds is 5. The maximum Gasteiger partial charge on any atom is 0.181 e. The van der Waals surface area contributed by atoms with E-state index >= 15 is 0 Å². The van der Waals surface area contributed by atoms with E-state index in [0.29, 0.717) is 12.1 Å². The molecule has 0 bridgehead atoms. The van der Waals surface area contributed by atoms with Crippen molar-refractivity contribution in [2.24, 2.45) is 5.73 Å². The van der Waals surface area contributed by atoms with Gasteiger partial charge in [-0.1, -0.05) is 36.4 Å². The van der Waals surface area contributed by atoms with Crippen molar-refractivity contribution in [2.75, 3.05) is 5.75 Å². The third-order valence-corrected chi connectivity index (χ3v) is 5.05. The van der Waals surface area contributed by atoms with Gasteiger partial charge in [-0.3, -0.25) is 0 Å². The monoisotopic (exact) mass is 305 g/mol. The van der Waals surface area contributed by atoms with Gasteiger partial charge in [0.2, 0.25) is 0 Å². The Kier molecular flexibility index (Phi) is 4.77. The molecule has 0 fully saturated rings. The van der Waals surface area contributed by atoms with E-state index < -0.39 is 15.9 Å². The molecule has 0 aliphatic heterocycles. The van der Waals surface area contributed by atoms with E-state index in [1.807, 2.05) is 13.0 Å². The van der Waals surface area contributed by atoms with Gasteiger partial charge in [-0.05, 0) is 35.7 Å². The van der Waals surface area contributed by atoms with Crippen LogP contribution >= 0.6 is 0 Å². The quantitative estimate of drug-likeness (QED) is 0.885. The summed E-state index contributed by atoms with van der Waals surface area (Å²) < 4.78 is 24.6. The van der Waals surface area contributed by atoms with Crippen molar-refractivity contribution in [2.45, 2.75) is 24.5 Å². The van der Waals surface area contributed by atoms with Crippen LogP contribution in [0.1, 0.15) is 22.8 Å². The Bertz CT molecular complexity index is 709. The Balaban J connectivity index is 2.19. The van der Waals surface area contributed by atoms with Gasteiger partial charge >= 0.3 is 0 Å². The number of hydrogen-bond donors (Lipinski definition) is 2. The summed E-state index contributed by atoms with van der Waals surface area (Å²) in [4.78, 5) is 0.236. The van der Waals surface area contributed by atoms with Crippen LogP contribution in [0.5, 0.6) is 0 Å². The van der Waals surface area contributed by atoms with Crippen LogP contribution in [0.25, 0.3) is 0 Å². The van der Waals surface area contributed by atoms with Crippen molar-refractivity contribution in [1.29, 1.82) is 0 Å². The Morgan fingerprint density at radius 3 is 2.38 bits per heavy atom. The fourth-order valence-electron chi connectivity index (χ4n) is 2.08. The molecule has 1 unspecified atom stereocenters. The van der Waals surface area contributed by atoms with E-state index in [1.54, 1.807) is 42.5 Å². The van der Waals surface area contributed by atoms with Crippen molar-refractivity contribution in [3.05, 3.63) is 65.2 Å². The fraction of sp³-hybridized carbons (Fsp3) is 0.250. The maximum absolute atomic E-state index is 12.3. The molecule has 0 saturated carbocycles. The van der Waals surface area contributed by atoms with Crippen LogP contribution in [0.3, 0.4) is 0 Å². The molecule has 0 aliphatic carbocycles. The zero-order valence-corrected chi connectivity index (χ0v) is 12.7. The molecule has 0 saturated heterocycles. The molecule has 112 valence electrons. The molecule has 0 heterocycles. The first-order chi connectivity index (χ1) is 9.92. The Morgan fingerprint density at radius 1 is 1.14 bits per heavy atom. The van der Waals surface area contributed by atoms with Crippen molar-refractivity contribution >= 4 is 9.84 Å². The number of benzene rings is 2. The fourth-order valence-corrected chi connectivity index (χ4v) is 3.54. The normalized spacial score (nSPS) is 13.1. The molecule has 1 atom stereocenters. The largest absolute Gasteiger partial charge is 0.387 e. The molecule has 0 aromatic heterocycles. The Morgan fingerprint density at radius 2 is 1.81 bits per heavy atom. The molecule has 2 aromatic rings. The average molecular weight is 305 g/mol. The molecular weight excluding hydrogens is 286 g/mol. The first kappa shape index (κ1) is 15.7. The van der Waals surface area contributed by atoms with Gasteiger partial charge in [-0.15, -0.1) is 0 Å². The summed E-state index contributed by atoms with van der Waals surface area (Å²) in [5.74, 6) is -0.335. The first-order valence-corrected chi connectivity index (χ1v) is 8.34. The minimum absolute atomic E-state index is 0.236. The zero-order valence-electron chi connectivity index (χ0n) is 11.9. The first-order valence-electron chi connectivity index (χ1n) is 6.69. The minimum atomic E-state index is -3.52. The molecule has 0 amide bonds. The summed E-state index contributed by atoms with van der Waals surface area (Å²) in [7, 11) is -3.52. The van der Waals surface area contributed by atoms with E-state index in [1.165, 1.54) is 0 Å². The van der Waals surface area contributed by atoms with Crippen molar-refractivity contribution in [3.63, 3.8) is 0 Å². The lowest BCUT2D eigenvalue weighted by molar-refractivity contribution is 0.201. The van der Waals surface area contributed by atoms with Gasteiger partial charge in [-0.25, -0.2) is 8.42 Å². The van der Waals surface area contributed by atoms with E-state index in [4.69, 9.17) is 5.73 Å². The summed E-state index contributed by atoms with van der Waals surface area (Å²) in [5.41, 5.74) is 7.89. The van der Waals surface area contributed by atoms with Crippen molar-refractivity contribution in [3.8, 4) is 0 Å². The van der Waals surface area contributed by atoms with Crippen molar-refractivity contribution < 1.29 is 13.5 Å². The summed E-state index contributed by atoms with van der Waals surface area (Å²) >= 11 is 0. The molecule has 2 rings (SSSR count). The lowest BCUT2D eigenvalue weighted by Gasteiger charge is -2.12. The highest BCUT2D eigenvalue weighted by molar-refractivity contribution is 7.91.